The first-order chi connectivity index (χ1) is 15.7. The van der Waals surface area contributed by atoms with Gasteiger partial charge in [0.15, 0.2) is 0 Å². The van der Waals surface area contributed by atoms with Crippen LogP contribution in [0.25, 0.3) is 0 Å². The molecule has 0 nitrogen and oxygen atoms in total. The zero-order chi connectivity index (χ0) is 24.1. The van der Waals surface area contributed by atoms with Gasteiger partial charge in [0.1, 0.15) is 0 Å². The Morgan fingerprint density at radius 3 is 1.15 bits per heavy atom. The van der Waals surface area contributed by atoms with E-state index in [9.17, 15) is 0 Å². The van der Waals surface area contributed by atoms with Gasteiger partial charge < -0.3 is 0 Å². The number of hydrogen-bond acceptors (Lipinski definition) is 0. The Kier molecular flexibility index (Phi) is 10.1. The predicted molar refractivity (Wildman–Crippen MR) is 158 cm³/mol. The summed E-state index contributed by atoms with van der Waals surface area (Å²) in [5.74, 6) is 0. The molecule has 3 heteroatoms. The summed E-state index contributed by atoms with van der Waals surface area (Å²) in [6, 6.07) is 30.6. The maximum absolute atomic E-state index is 2.50. The van der Waals surface area contributed by atoms with Gasteiger partial charge in [-0.25, -0.2) is 0 Å². The van der Waals surface area contributed by atoms with Gasteiger partial charge in [-0.2, -0.15) is 0 Å². The van der Waals surface area contributed by atoms with Crippen molar-refractivity contribution in [3.05, 3.63) is 78.9 Å². The summed E-state index contributed by atoms with van der Waals surface area (Å²) >= 11 is -2.24. The van der Waals surface area contributed by atoms with Crippen molar-refractivity contribution in [1.29, 1.82) is 0 Å². The van der Waals surface area contributed by atoms with Gasteiger partial charge in [0, 0.05) is 0 Å². The molecule has 0 aliphatic heterocycles. The SMILES string of the molecule is CC(C)P(c1cccc[c]1[Sb]([c]1ccccc1)[c]1ccccc1P(C(C)C)C(C)C)C(C)C. The molecule has 0 saturated carbocycles. The van der Waals surface area contributed by atoms with E-state index in [2.05, 4.69) is 134 Å². The van der Waals surface area contributed by atoms with Crippen LogP contribution in [0.15, 0.2) is 78.9 Å². The van der Waals surface area contributed by atoms with Crippen molar-refractivity contribution in [1.82, 2.24) is 0 Å². The Hall–Kier alpha value is -0.662. The summed E-state index contributed by atoms with van der Waals surface area (Å²) in [7, 11) is -0.413. The molecule has 33 heavy (non-hydrogen) atoms. The number of hydrogen-bond donors (Lipinski definition) is 0. The maximum atomic E-state index is 2.50. The molecular weight excluding hydrogens is 544 g/mol. The Morgan fingerprint density at radius 1 is 0.455 bits per heavy atom. The van der Waals surface area contributed by atoms with Crippen molar-refractivity contribution in [3.8, 4) is 0 Å². The zero-order valence-corrected chi connectivity index (χ0v) is 26.0. The summed E-state index contributed by atoms with van der Waals surface area (Å²) in [6.07, 6.45) is 0. The van der Waals surface area contributed by atoms with Crippen LogP contribution in [-0.4, -0.2) is 42.8 Å². The van der Waals surface area contributed by atoms with Crippen molar-refractivity contribution in [2.45, 2.75) is 78.0 Å². The summed E-state index contributed by atoms with van der Waals surface area (Å²) < 4.78 is 4.97. The van der Waals surface area contributed by atoms with Gasteiger partial charge in [0.25, 0.3) is 0 Å². The topological polar surface area (TPSA) is 0 Å². The minimum absolute atomic E-state index is 0.206. The molecule has 0 fully saturated rings. The van der Waals surface area contributed by atoms with Gasteiger partial charge in [0.2, 0.25) is 0 Å². The third kappa shape index (κ3) is 6.32. The van der Waals surface area contributed by atoms with Gasteiger partial charge in [-0.15, -0.1) is 0 Å². The van der Waals surface area contributed by atoms with Crippen molar-refractivity contribution in [2.24, 2.45) is 0 Å². The predicted octanol–water partition coefficient (Wildman–Crippen LogP) is 6.05. The van der Waals surface area contributed by atoms with Crippen LogP contribution in [0.5, 0.6) is 0 Å². The Balaban J connectivity index is 2.32. The van der Waals surface area contributed by atoms with Gasteiger partial charge >= 0.3 is 214 Å². The van der Waals surface area contributed by atoms with Crippen molar-refractivity contribution < 1.29 is 0 Å². The van der Waals surface area contributed by atoms with Gasteiger partial charge in [-0.05, 0) is 0 Å². The van der Waals surface area contributed by atoms with E-state index in [1.54, 1.807) is 21.1 Å². The van der Waals surface area contributed by atoms with E-state index in [1.165, 1.54) is 0 Å². The standard InChI is InChI=1S/2C12H18P.C6H5.Sb/c2*1-10(2)13(11(3)4)12-8-6-5-7-9-12;1-2-4-6-5-3-1;/h2*5-8,10-11H,1-4H3;1-5H;. The second-order valence-electron chi connectivity index (χ2n) is 9.84. The molecule has 0 N–H and O–H groups in total. The fraction of sp³-hybridized carbons (Fsp3) is 0.400. The Labute approximate surface area is 213 Å². The molecular formula is C30H41P2Sb. The second kappa shape index (κ2) is 12.3. The van der Waals surface area contributed by atoms with Crippen LogP contribution in [0.3, 0.4) is 0 Å². The quantitative estimate of drug-likeness (QED) is 0.212. The van der Waals surface area contributed by atoms with Crippen LogP contribution in [-0.2, 0) is 0 Å². The van der Waals surface area contributed by atoms with E-state index >= 15 is 0 Å². The minimum atomic E-state index is -2.24. The number of rotatable bonds is 9. The molecule has 176 valence electrons. The molecule has 0 radical (unpaired) electrons. The normalized spacial score (nSPS) is 12.3. The van der Waals surface area contributed by atoms with Crippen LogP contribution >= 0.6 is 15.8 Å². The molecule has 0 unspecified atom stereocenters. The monoisotopic (exact) mass is 584 g/mol. The fourth-order valence-corrected chi connectivity index (χ4v) is 20.9. The molecule has 0 heterocycles. The second-order valence-corrected chi connectivity index (χ2v) is 22.7. The molecule has 0 spiro atoms. The summed E-state index contributed by atoms with van der Waals surface area (Å²) in [5.41, 5.74) is 2.77. The molecule has 3 rings (SSSR count). The summed E-state index contributed by atoms with van der Waals surface area (Å²) in [6.45, 7) is 19.4. The van der Waals surface area contributed by atoms with Gasteiger partial charge in [0.05, 0.1) is 0 Å². The molecule has 0 aliphatic rings. The molecule has 0 atom stereocenters. The molecule has 0 aliphatic carbocycles. The van der Waals surface area contributed by atoms with E-state index in [4.69, 9.17) is 0 Å². The molecule has 3 aromatic carbocycles. The van der Waals surface area contributed by atoms with Crippen molar-refractivity contribution in [3.63, 3.8) is 0 Å². The fourth-order valence-electron chi connectivity index (χ4n) is 5.03. The van der Waals surface area contributed by atoms with Crippen LogP contribution < -0.4 is 21.1 Å². The van der Waals surface area contributed by atoms with Gasteiger partial charge in [-0.3, -0.25) is 0 Å². The van der Waals surface area contributed by atoms with E-state index in [0.717, 1.165) is 0 Å². The van der Waals surface area contributed by atoms with Crippen LogP contribution in [0, 0.1) is 0 Å². The first kappa shape index (κ1) is 26.9. The van der Waals surface area contributed by atoms with E-state index in [1.807, 2.05) is 0 Å². The van der Waals surface area contributed by atoms with E-state index in [0.29, 0.717) is 22.6 Å². The van der Waals surface area contributed by atoms with E-state index < -0.39 is 20.2 Å². The molecule has 0 aromatic heterocycles. The average Bonchev–Trinajstić information content (AvgIpc) is 2.76. The first-order valence-electron chi connectivity index (χ1n) is 12.3. The molecule has 0 amide bonds. The zero-order valence-electron chi connectivity index (χ0n) is 21.7. The van der Waals surface area contributed by atoms with Gasteiger partial charge in [-0.1, -0.05) is 0 Å². The van der Waals surface area contributed by atoms with Crippen molar-refractivity contribution >= 4 is 57.2 Å². The number of benzene rings is 3. The molecule has 0 saturated heterocycles. The third-order valence-corrected chi connectivity index (χ3v) is 20.7. The Bertz CT molecular complexity index is 931. The van der Waals surface area contributed by atoms with Crippen LogP contribution in [0.4, 0.5) is 0 Å². The molecule has 0 bridgehead atoms. The summed E-state index contributed by atoms with van der Waals surface area (Å²) in [5, 5.41) is 3.33. The average molecular weight is 585 g/mol. The molecule has 3 aromatic rings. The van der Waals surface area contributed by atoms with Crippen LogP contribution in [0.2, 0.25) is 0 Å². The van der Waals surface area contributed by atoms with Crippen LogP contribution in [0.1, 0.15) is 55.4 Å². The van der Waals surface area contributed by atoms with E-state index in [-0.39, 0.29) is 15.8 Å². The first-order valence-corrected chi connectivity index (χ1v) is 19.1. The third-order valence-electron chi connectivity index (χ3n) is 6.04. The van der Waals surface area contributed by atoms with Crippen molar-refractivity contribution in [2.75, 3.05) is 0 Å². The summed E-state index contributed by atoms with van der Waals surface area (Å²) in [4.78, 5) is 0. The Morgan fingerprint density at radius 2 is 0.788 bits per heavy atom.